The van der Waals surface area contributed by atoms with Crippen molar-refractivity contribution in [3.05, 3.63) is 28.3 Å². The van der Waals surface area contributed by atoms with Crippen molar-refractivity contribution in [3.63, 3.8) is 0 Å². The van der Waals surface area contributed by atoms with Gasteiger partial charge in [0, 0.05) is 33.9 Å². The summed E-state index contributed by atoms with van der Waals surface area (Å²) in [7, 11) is 1.46. The first-order valence-corrected chi connectivity index (χ1v) is 8.96. The molecule has 20 heavy (non-hydrogen) atoms. The van der Waals surface area contributed by atoms with Crippen LogP contribution in [0.1, 0.15) is 35.7 Å². The molecule has 0 radical (unpaired) electrons. The molecule has 0 saturated carbocycles. The Kier molecular flexibility index (Phi) is 4.33. The zero-order chi connectivity index (χ0) is 15.1. The molecule has 1 saturated heterocycles. The summed E-state index contributed by atoms with van der Waals surface area (Å²) < 4.78 is 23.1. The van der Waals surface area contributed by atoms with Crippen LogP contribution in [0.4, 0.5) is 0 Å². The average molecular weight is 336 g/mol. The van der Waals surface area contributed by atoms with Crippen LogP contribution in [0.25, 0.3) is 0 Å². The molecule has 1 aromatic carbocycles. The molecule has 1 fully saturated rings. The smallest absolute Gasteiger partial charge is 0.261 e. The average Bonchev–Trinajstić information content (AvgIpc) is 2.76. The van der Waals surface area contributed by atoms with E-state index in [1.165, 1.54) is 12.1 Å². The van der Waals surface area contributed by atoms with Gasteiger partial charge in [0.05, 0.1) is 4.90 Å². The third-order valence-electron chi connectivity index (χ3n) is 3.62. The number of hydrogen-bond donors (Lipinski definition) is 0. The van der Waals surface area contributed by atoms with E-state index in [2.05, 4.69) is 0 Å². The van der Waals surface area contributed by atoms with Crippen LogP contribution in [0.15, 0.2) is 17.0 Å². The number of hydrogen-bond acceptors (Lipinski definition) is 3. The maximum atomic E-state index is 12.4. The van der Waals surface area contributed by atoms with Crippen LogP contribution in [0.2, 0.25) is 5.02 Å². The zero-order valence-corrected chi connectivity index (χ0v) is 13.5. The Bertz CT molecular complexity index is 658. The minimum absolute atomic E-state index is 0.109. The summed E-state index contributed by atoms with van der Waals surface area (Å²) in [5.41, 5.74) is 0.612. The first-order valence-electron chi connectivity index (χ1n) is 6.27. The van der Waals surface area contributed by atoms with Gasteiger partial charge in [-0.15, -0.1) is 0 Å². The Labute approximate surface area is 128 Å². The van der Waals surface area contributed by atoms with Crippen molar-refractivity contribution >= 4 is 37.2 Å². The number of carbonyl (C=O) groups excluding carboxylic acids is 1. The minimum Gasteiger partial charge on any atom is -0.336 e. The molecule has 1 atom stereocenters. The van der Waals surface area contributed by atoms with Gasteiger partial charge in [-0.3, -0.25) is 4.79 Å². The van der Waals surface area contributed by atoms with Gasteiger partial charge in [0.2, 0.25) is 0 Å². The molecule has 2 rings (SSSR count). The van der Waals surface area contributed by atoms with Gasteiger partial charge in [0.25, 0.3) is 15.0 Å². The highest BCUT2D eigenvalue weighted by Crippen LogP contribution is 2.29. The molecule has 1 aromatic rings. The Morgan fingerprint density at radius 2 is 2.05 bits per heavy atom. The van der Waals surface area contributed by atoms with E-state index in [1.54, 1.807) is 11.8 Å². The Morgan fingerprint density at radius 1 is 1.40 bits per heavy atom. The predicted molar refractivity (Wildman–Crippen MR) is 79.0 cm³/mol. The normalized spacial score (nSPS) is 19.4. The molecule has 0 aliphatic carbocycles. The van der Waals surface area contributed by atoms with E-state index >= 15 is 0 Å². The van der Waals surface area contributed by atoms with Gasteiger partial charge in [-0.25, -0.2) is 8.42 Å². The number of benzene rings is 1. The number of halogens is 2. The van der Waals surface area contributed by atoms with E-state index in [0.29, 0.717) is 12.1 Å². The van der Waals surface area contributed by atoms with Crippen LogP contribution in [-0.2, 0) is 9.05 Å². The topological polar surface area (TPSA) is 54.5 Å². The number of likely N-dealkylation sites (tertiary alicyclic amines) is 1. The fraction of sp³-hybridized carbons (Fsp3) is 0.462. The van der Waals surface area contributed by atoms with E-state index in [-0.39, 0.29) is 27.4 Å². The number of rotatable bonds is 2. The summed E-state index contributed by atoms with van der Waals surface area (Å²) in [4.78, 5) is 14.0. The monoisotopic (exact) mass is 335 g/mol. The van der Waals surface area contributed by atoms with Crippen LogP contribution in [0.5, 0.6) is 0 Å². The van der Waals surface area contributed by atoms with E-state index in [1.807, 2.05) is 6.92 Å². The second kappa shape index (κ2) is 5.54. The van der Waals surface area contributed by atoms with Gasteiger partial charge in [-0.1, -0.05) is 11.6 Å². The molecule has 110 valence electrons. The van der Waals surface area contributed by atoms with Gasteiger partial charge in [0.15, 0.2) is 0 Å². The fourth-order valence-corrected chi connectivity index (χ4v) is 3.93. The quantitative estimate of drug-likeness (QED) is 0.780. The molecule has 1 amide bonds. The summed E-state index contributed by atoms with van der Waals surface area (Å²) in [5, 5.41) is 0.224. The molecule has 1 unspecified atom stereocenters. The first kappa shape index (κ1) is 15.6. The highest BCUT2D eigenvalue weighted by molar-refractivity contribution is 8.13. The lowest BCUT2D eigenvalue weighted by Crippen LogP contribution is -2.33. The van der Waals surface area contributed by atoms with Gasteiger partial charge in [-0.2, -0.15) is 0 Å². The molecule has 1 aliphatic heterocycles. The van der Waals surface area contributed by atoms with Crippen molar-refractivity contribution in [2.24, 2.45) is 0 Å². The van der Waals surface area contributed by atoms with Gasteiger partial charge in [-0.05, 0) is 44.4 Å². The Hall–Kier alpha value is -0.780. The summed E-state index contributed by atoms with van der Waals surface area (Å²) in [5.74, 6) is -0.210. The van der Waals surface area contributed by atoms with Crippen molar-refractivity contribution in [2.75, 3.05) is 6.54 Å². The van der Waals surface area contributed by atoms with E-state index in [0.717, 1.165) is 12.8 Å². The second-order valence-electron chi connectivity index (χ2n) is 5.01. The maximum absolute atomic E-state index is 12.4. The molecule has 4 nitrogen and oxygen atoms in total. The second-order valence-corrected chi connectivity index (χ2v) is 7.95. The Morgan fingerprint density at radius 3 is 2.55 bits per heavy atom. The first-order chi connectivity index (χ1) is 9.21. The van der Waals surface area contributed by atoms with Crippen LogP contribution in [0, 0.1) is 6.92 Å². The lowest BCUT2D eigenvalue weighted by Gasteiger charge is -2.22. The van der Waals surface area contributed by atoms with Crippen molar-refractivity contribution in [1.29, 1.82) is 0 Å². The van der Waals surface area contributed by atoms with E-state index in [9.17, 15) is 13.2 Å². The van der Waals surface area contributed by atoms with Crippen LogP contribution < -0.4 is 0 Å². The van der Waals surface area contributed by atoms with Crippen LogP contribution in [-0.4, -0.2) is 31.8 Å². The lowest BCUT2D eigenvalue weighted by atomic mass is 10.1. The van der Waals surface area contributed by atoms with Crippen LogP contribution >= 0.6 is 22.3 Å². The molecule has 0 bridgehead atoms. The van der Waals surface area contributed by atoms with Crippen molar-refractivity contribution in [3.8, 4) is 0 Å². The summed E-state index contributed by atoms with van der Waals surface area (Å²) >= 11 is 6.02. The maximum Gasteiger partial charge on any atom is 0.261 e. The molecule has 7 heteroatoms. The van der Waals surface area contributed by atoms with E-state index < -0.39 is 9.05 Å². The summed E-state index contributed by atoms with van der Waals surface area (Å²) in [6.45, 7) is 4.21. The van der Waals surface area contributed by atoms with Gasteiger partial charge < -0.3 is 4.90 Å². The summed E-state index contributed by atoms with van der Waals surface area (Å²) in [6, 6.07) is 2.95. The minimum atomic E-state index is -3.93. The zero-order valence-electron chi connectivity index (χ0n) is 11.2. The van der Waals surface area contributed by atoms with E-state index in [4.69, 9.17) is 22.3 Å². The molecule has 0 spiro atoms. The lowest BCUT2D eigenvalue weighted by molar-refractivity contribution is 0.0747. The van der Waals surface area contributed by atoms with Crippen molar-refractivity contribution in [2.45, 2.75) is 37.6 Å². The number of nitrogens with zero attached hydrogens (tertiary/aromatic N) is 1. The predicted octanol–water partition coefficient (Wildman–Crippen LogP) is 3.20. The van der Waals surface area contributed by atoms with Crippen molar-refractivity contribution < 1.29 is 13.2 Å². The van der Waals surface area contributed by atoms with Crippen LogP contribution in [0.3, 0.4) is 0 Å². The molecule has 1 heterocycles. The van der Waals surface area contributed by atoms with Crippen molar-refractivity contribution in [1.82, 2.24) is 4.90 Å². The highest BCUT2D eigenvalue weighted by Gasteiger charge is 2.28. The summed E-state index contributed by atoms with van der Waals surface area (Å²) in [6.07, 6.45) is 1.90. The molecule has 1 aliphatic rings. The SMILES string of the molecule is Cc1c(Cl)cc(C(=O)N2CCCC2C)cc1S(=O)(=O)Cl. The molecular weight excluding hydrogens is 321 g/mol. The fourth-order valence-electron chi connectivity index (χ4n) is 2.43. The standard InChI is InChI=1S/C13H15Cl2NO3S/c1-8-4-3-5-16(8)13(17)10-6-11(14)9(2)12(7-10)20(15,18)19/h6-8H,3-5H2,1-2H3. The number of carbonyl (C=O) groups is 1. The molecular formula is C13H15Cl2NO3S. The highest BCUT2D eigenvalue weighted by atomic mass is 35.7. The third-order valence-corrected chi connectivity index (χ3v) is 5.46. The largest absolute Gasteiger partial charge is 0.336 e. The Balaban J connectivity index is 2.48. The molecule has 0 aromatic heterocycles. The number of amides is 1. The molecule has 0 N–H and O–H groups in total. The third kappa shape index (κ3) is 2.95. The van der Waals surface area contributed by atoms with Gasteiger partial charge in [0.1, 0.15) is 0 Å². The van der Waals surface area contributed by atoms with Gasteiger partial charge >= 0.3 is 0 Å².